The molecule has 3 aromatic rings. The predicted octanol–water partition coefficient (Wildman–Crippen LogP) is 1.94. The van der Waals surface area contributed by atoms with Crippen LogP contribution in [0.3, 0.4) is 0 Å². The van der Waals surface area contributed by atoms with E-state index in [1.165, 1.54) is 12.1 Å². The second-order valence-corrected chi connectivity index (χ2v) is 16.4. The highest BCUT2D eigenvalue weighted by Gasteiger charge is 2.50. The SMILES string of the molecule is O=C(Nc1ccccc1)O[C@H]1C(O)[C@@H](COP(=O)(O)OP(=O)(O)OP(=O)(O)OP(=O)(O)c2ccc(Cl)cc2)O[C@H]1n1ccc(=O)[nH]c1=O. The van der Waals surface area contributed by atoms with Crippen LogP contribution in [0.1, 0.15) is 6.23 Å². The van der Waals surface area contributed by atoms with Crippen LogP contribution >= 0.6 is 42.7 Å². The Hall–Kier alpha value is -2.80. The fourth-order valence-electron chi connectivity index (χ4n) is 3.93. The van der Waals surface area contributed by atoms with Crippen molar-refractivity contribution in [2.75, 3.05) is 11.9 Å². The first-order chi connectivity index (χ1) is 22.3. The molecule has 2 aromatic carbocycles. The number of carbonyl (C=O) groups is 1. The van der Waals surface area contributed by atoms with Crippen molar-refractivity contribution in [2.24, 2.45) is 0 Å². The van der Waals surface area contributed by atoms with Crippen LogP contribution in [-0.4, -0.2) is 65.2 Å². The molecule has 8 atom stereocenters. The van der Waals surface area contributed by atoms with Crippen LogP contribution < -0.4 is 21.9 Å². The van der Waals surface area contributed by atoms with Crippen LogP contribution in [0.5, 0.6) is 0 Å². The van der Waals surface area contributed by atoms with Gasteiger partial charge in [-0.15, -0.1) is 0 Å². The molecule has 1 amide bonds. The van der Waals surface area contributed by atoms with Gasteiger partial charge in [0.05, 0.1) is 11.9 Å². The number of para-hydroxylation sites is 1. The lowest BCUT2D eigenvalue weighted by Gasteiger charge is -2.22. The Labute approximate surface area is 272 Å². The summed E-state index contributed by atoms with van der Waals surface area (Å²) in [6.45, 7) is -1.20. The predicted molar refractivity (Wildman–Crippen MR) is 161 cm³/mol. The van der Waals surface area contributed by atoms with Gasteiger partial charge < -0.3 is 34.2 Å². The molecule has 1 saturated heterocycles. The molecule has 4 rings (SSSR count). The molecule has 0 radical (unpaired) electrons. The van der Waals surface area contributed by atoms with Crippen molar-refractivity contribution in [3.63, 3.8) is 0 Å². The van der Waals surface area contributed by atoms with Crippen molar-refractivity contribution >= 4 is 59.7 Å². The number of benzene rings is 2. The molecule has 0 saturated carbocycles. The number of amides is 1. The number of nitrogens with one attached hydrogen (secondary N) is 2. The fraction of sp³-hybridized carbons (Fsp3) is 0.227. The number of carbonyl (C=O) groups excluding carboxylic acids is 1. The Morgan fingerprint density at radius 2 is 1.50 bits per heavy atom. The Bertz CT molecular complexity index is 1940. The van der Waals surface area contributed by atoms with Crippen LogP contribution in [0, 0.1) is 0 Å². The quantitative estimate of drug-likeness (QED) is 0.122. The summed E-state index contributed by atoms with van der Waals surface area (Å²) in [6.07, 6.45) is -7.34. The lowest BCUT2D eigenvalue weighted by atomic mass is 10.1. The van der Waals surface area contributed by atoms with E-state index in [-0.39, 0.29) is 10.7 Å². The topological polar surface area (TPSA) is 309 Å². The molecule has 7 N–H and O–H groups in total. The monoisotopic (exact) mass is 777 g/mol. The highest BCUT2D eigenvalue weighted by atomic mass is 35.5. The first-order valence-electron chi connectivity index (χ1n) is 12.8. The Kier molecular flexibility index (Phi) is 11.9. The zero-order valence-electron chi connectivity index (χ0n) is 23.5. The number of ether oxygens (including phenoxy) is 2. The van der Waals surface area contributed by atoms with Gasteiger partial charge in [0.15, 0.2) is 12.3 Å². The Morgan fingerprint density at radius 1 is 0.896 bits per heavy atom. The van der Waals surface area contributed by atoms with E-state index in [0.717, 1.165) is 36.5 Å². The minimum absolute atomic E-state index is 0.113. The summed E-state index contributed by atoms with van der Waals surface area (Å²) < 4.78 is 77.2. The number of nitrogens with zero attached hydrogens (tertiary/aromatic N) is 1. The molecule has 1 fully saturated rings. The minimum Gasteiger partial charge on any atom is -0.438 e. The number of rotatable bonds is 13. The average Bonchev–Trinajstić information content (AvgIpc) is 3.25. The number of phosphoric ester groups is 1. The summed E-state index contributed by atoms with van der Waals surface area (Å²) >= 11 is 5.66. The third kappa shape index (κ3) is 10.4. The average molecular weight is 778 g/mol. The van der Waals surface area contributed by atoms with E-state index in [2.05, 4.69) is 22.8 Å². The van der Waals surface area contributed by atoms with Gasteiger partial charge in [0.1, 0.15) is 12.2 Å². The number of H-pyrrole nitrogens is 1. The number of aromatic amines is 1. The van der Waals surface area contributed by atoms with E-state index in [9.17, 15) is 57.3 Å². The van der Waals surface area contributed by atoms with E-state index >= 15 is 0 Å². The first-order valence-corrected chi connectivity index (χ1v) is 19.2. The van der Waals surface area contributed by atoms with E-state index < -0.39 is 84.9 Å². The third-order valence-electron chi connectivity index (χ3n) is 5.88. The van der Waals surface area contributed by atoms with E-state index in [1.54, 1.807) is 18.2 Å². The summed E-state index contributed by atoms with van der Waals surface area (Å²) in [5, 5.41) is 12.7. The molecule has 1 aromatic heterocycles. The second-order valence-electron chi connectivity index (χ2n) is 9.38. The molecule has 0 spiro atoms. The van der Waals surface area contributed by atoms with Crippen LogP contribution in [0.4, 0.5) is 10.5 Å². The molecular formula is C22H24ClN3O18P4. The first kappa shape index (κ1) is 38.0. The molecule has 48 heavy (non-hydrogen) atoms. The second kappa shape index (κ2) is 15.0. The number of aliphatic hydroxyl groups excluding tert-OH is 1. The van der Waals surface area contributed by atoms with E-state index in [0.29, 0.717) is 4.57 Å². The van der Waals surface area contributed by atoms with Gasteiger partial charge in [-0.05, 0) is 36.4 Å². The molecule has 2 heterocycles. The van der Waals surface area contributed by atoms with Crippen LogP contribution in [-0.2, 0) is 45.2 Å². The molecule has 26 heteroatoms. The summed E-state index contributed by atoms with van der Waals surface area (Å²) in [7, 11) is -23.1. The van der Waals surface area contributed by atoms with Crippen molar-refractivity contribution in [3.8, 4) is 0 Å². The summed E-state index contributed by atoms with van der Waals surface area (Å²) in [5.41, 5.74) is -1.62. The van der Waals surface area contributed by atoms with Gasteiger partial charge in [0.25, 0.3) is 5.56 Å². The van der Waals surface area contributed by atoms with Crippen LogP contribution in [0.15, 0.2) is 76.4 Å². The van der Waals surface area contributed by atoms with Crippen molar-refractivity contribution in [3.05, 3.63) is 92.7 Å². The van der Waals surface area contributed by atoms with Gasteiger partial charge in [-0.25, -0.2) is 27.6 Å². The fourth-order valence-corrected chi connectivity index (χ4v) is 9.46. The van der Waals surface area contributed by atoms with Crippen LogP contribution in [0.25, 0.3) is 0 Å². The summed E-state index contributed by atoms with van der Waals surface area (Å²) in [4.78, 5) is 78.0. The minimum atomic E-state index is -6.12. The summed E-state index contributed by atoms with van der Waals surface area (Å²) in [5.74, 6) is 0. The van der Waals surface area contributed by atoms with Gasteiger partial charge in [0, 0.05) is 23.0 Å². The molecule has 262 valence electrons. The standard InChI is InChI=1S/C22H24ClN3O18P4/c23-13-6-8-15(9-7-13)45(31,32)42-47(35,36)44-48(37,38)43-46(33,34)39-12-16-18(28)19(41-22(30)24-14-4-2-1-3-5-14)20(40-16)26-11-10-17(27)25-21(26)29/h1-11,16,18-20,28H,12H2,(H,24,30)(H,31,32)(H,33,34)(H,35,36)(H,37,38)(H,25,27,29)/t16-,18?,19+,20-/m1/s1. The number of phosphoric acid groups is 3. The maximum Gasteiger partial charge on any atom is 0.490 e. The third-order valence-corrected chi connectivity index (χ3v) is 12.6. The van der Waals surface area contributed by atoms with E-state index in [1.807, 2.05) is 4.98 Å². The highest BCUT2D eigenvalue weighted by Crippen LogP contribution is 2.71. The number of hydrogen-bond acceptors (Lipinski definition) is 14. The zero-order valence-corrected chi connectivity index (χ0v) is 27.9. The number of halogens is 1. The number of aliphatic hydroxyl groups is 1. The van der Waals surface area contributed by atoms with Gasteiger partial charge in [-0.3, -0.25) is 28.8 Å². The molecule has 0 bridgehead atoms. The molecule has 1 aliphatic heterocycles. The van der Waals surface area contributed by atoms with Crippen molar-refractivity contribution in [2.45, 2.75) is 24.5 Å². The normalized spacial score (nSPS) is 24.4. The Morgan fingerprint density at radius 3 is 2.12 bits per heavy atom. The summed E-state index contributed by atoms with van der Waals surface area (Å²) in [6, 6.07) is 12.8. The molecular weight excluding hydrogens is 754 g/mol. The lowest BCUT2D eigenvalue weighted by Crippen LogP contribution is -2.41. The van der Waals surface area contributed by atoms with Gasteiger partial charge in [-0.1, -0.05) is 29.8 Å². The smallest absolute Gasteiger partial charge is 0.438 e. The molecule has 1 aliphatic rings. The highest BCUT2D eigenvalue weighted by molar-refractivity contribution is 7.73. The van der Waals surface area contributed by atoms with Gasteiger partial charge in [-0.2, -0.15) is 8.62 Å². The maximum atomic E-state index is 12.6. The van der Waals surface area contributed by atoms with Gasteiger partial charge >= 0.3 is 42.8 Å². The maximum absolute atomic E-state index is 12.6. The van der Waals surface area contributed by atoms with E-state index in [4.69, 9.17) is 21.1 Å². The van der Waals surface area contributed by atoms with Crippen molar-refractivity contribution < 1.29 is 74.7 Å². The Balaban J connectivity index is 1.44. The largest absolute Gasteiger partial charge is 0.490 e. The van der Waals surface area contributed by atoms with Crippen LogP contribution in [0.2, 0.25) is 5.02 Å². The van der Waals surface area contributed by atoms with Crippen molar-refractivity contribution in [1.82, 2.24) is 9.55 Å². The molecule has 5 unspecified atom stereocenters. The van der Waals surface area contributed by atoms with Crippen molar-refractivity contribution in [1.29, 1.82) is 0 Å². The number of anilines is 1. The number of hydrogen-bond donors (Lipinski definition) is 7. The zero-order chi connectivity index (χ0) is 35.5. The molecule has 0 aliphatic carbocycles. The molecule has 21 nitrogen and oxygen atoms in total. The lowest BCUT2D eigenvalue weighted by molar-refractivity contribution is -0.0551. The number of aromatic nitrogens is 2. The van der Waals surface area contributed by atoms with Gasteiger partial charge in [0.2, 0.25) is 0 Å².